The molecule has 1 aromatic carbocycles. The molecule has 0 radical (unpaired) electrons. The normalized spacial score (nSPS) is 14.6. The number of aliphatic carboxylic acids is 1. The van der Waals surface area contributed by atoms with Gasteiger partial charge in [-0.05, 0) is 43.0 Å². The zero-order valence-electron chi connectivity index (χ0n) is 10.6. The quantitative estimate of drug-likeness (QED) is 0.898. The average molecular weight is 254 g/mol. The highest BCUT2D eigenvalue weighted by Gasteiger charge is 2.29. The molecule has 2 unspecified atom stereocenters. The first-order valence-corrected chi connectivity index (χ1v) is 6.76. The lowest BCUT2D eigenvalue weighted by Gasteiger charge is -2.16. The maximum Gasteiger partial charge on any atom is 0.319 e. The molecule has 2 atom stereocenters. The molecule has 1 N–H and O–H groups in total. The molecule has 0 aliphatic carbocycles. The summed E-state index contributed by atoms with van der Waals surface area (Å²) in [7, 11) is -1.50. The Morgan fingerprint density at radius 3 is 2.24 bits per heavy atom. The molecule has 17 heavy (non-hydrogen) atoms. The van der Waals surface area contributed by atoms with Gasteiger partial charge in [0.25, 0.3) is 0 Å². The molecule has 0 aliphatic rings. The van der Waals surface area contributed by atoms with Crippen LogP contribution in [0.3, 0.4) is 0 Å². The number of carbonyl (C=O) groups is 1. The summed E-state index contributed by atoms with van der Waals surface area (Å²) in [6.45, 7) is 7.45. The third kappa shape index (κ3) is 3.16. The van der Waals surface area contributed by atoms with Crippen LogP contribution in [-0.2, 0) is 15.6 Å². The van der Waals surface area contributed by atoms with E-state index >= 15 is 0 Å². The van der Waals surface area contributed by atoms with Crippen LogP contribution in [0.25, 0.3) is 0 Å². The molecule has 1 rings (SSSR count). The zero-order chi connectivity index (χ0) is 13.2. The fourth-order valence-corrected chi connectivity index (χ4v) is 3.08. The topological polar surface area (TPSA) is 54.4 Å². The van der Waals surface area contributed by atoms with E-state index in [1.165, 1.54) is 0 Å². The molecule has 0 aromatic heterocycles. The maximum atomic E-state index is 12.2. The Labute approximate surface area is 104 Å². The summed E-state index contributed by atoms with van der Waals surface area (Å²) in [6, 6.07) is 5.43. The van der Waals surface area contributed by atoms with Crippen LogP contribution < -0.4 is 0 Å². The number of carboxylic acids is 1. The Balaban J connectivity index is 3.10. The van der Waals surface area contributed by atoms with Crippen LogP contribution in [0.4, 0.5) is 0 Å². The highest BCUT2D eigenvalue weighted by atomic mass is 32.2. The van der Waals surface area contributed by atoms with Gasteiger partial charge in [0.2, 0.25) is 0 Å². The molecule has 3 nitrogen and oxygen atoms in total. The van der Waals surface area contributed by atoms with Crippen molar-refractivity contribution < 1.29 is 14.1 Å². The number of rotatable bonds is 4. The van der Waals surface area contributed by atoms with Gasteiger partial charge in [0.15, 0.2) is 0 Å². The van der Waals surface area contributed by atoms with Crippen molar-refractivity contribution in [3.63, 3.8) is 0 Å². The molecule has 0 heterocycles. The highest BCUT2D eigenvalue weighted by Crippen LogP contribution is 2.20. The third-order valence-corrected chi connectivity index (χ3v) is 4.72. The molecule has 94 valence electrons. The summed E-state index contributed by atoms with van der Waals surface area (Å²) in [5.74, 6) is -1.16. The second kappa shape index (κ2) is 5.45. The van der Waals surface area contributed by atoms with Gasteiger partial charge in [-0.3, -0.25) is 9.00 Å². The number of benzene rings is 1. The predicted octanol–water partition coefficient (Wildman–Crippen LogP) is 2.52. The van der Waals surface area contributed by atoms with Gasteiger partial charge in [-0.15, -0.1) is 0 Å². The number of carboxylic acid groups (broad SMARTS) is 1. The third-order valence-electron chi connectivity index (χ3n) is 2.79. The molecule has 0 amide bonds. The predicted molar refractivity (Wildman–Crippen MR) is 68.6 cm³/mol. The van der Waals surface area contributed by atoms with Crippen molar-refractivity contribution >= 4 is 16.8 Å². The van der Waals surface area contributed by atoms with Gasteiger partial charge in [0.05, 0.1) is 10.8 Å². The van der Waals surface area contributed by atoms with E-state index in [0.717, 1.165) is 11.1 Å². The van der Waals surface area contributed by atoms with E-state index in [9.17, 15) is 9.00 Å². The Kier molecular flexibility index (Phi) is 4.46. The van der Waals surface area contributed by atoms with Crippen molar-refractivity contribution in [2.45, 2.75) is 37.8 Å². The Bertz CT molecular complexity index is 452. The molecular formula is C13H18O3S. The van der Waals surface area contributed by atoms with E-state index in [4.69, 9.17) is 5.11 Å². The smallest absolute Gasteiger partial charge is 0.319 e. The first-order valence-electron chi connectivity index (χ1n) is 5.55. The van der Waals surface area contributed by atoms with Gasteiger partial charge in [-0.25, -0.2) is 0 Å². The number of aryl methyl sites for hydroxylation is 2. The fraction of sp³-hybridized carbons (Fsp3) is 0.462. The summed E-state index contributed by atoms with van der Waals surface area (Å²) < 4.78 is 12.2. The average Bonchev–Trinajstić information content (AvgIpc) is 2.20. The molecular weight excluding hydrogens is 236 g/mol. The molecule has 0 bridgehead atoms. The van der Waals surface area contributed by atoms with Gasteiger partial charge < -0.3 is 5.11 Å². The first kappa shape index (κ1) is 13.9. The van der Waals surface area contributed by atoms with Gasteiger partial charge in [0.1, 0.15) is 5.25 Å². The highest BCUT2D eigenvalue weighted by molar-refractivity contribution is 7.86. The van der Waals surface area contributed by atoms with Crippen LogP contribution in [0.2, 0.25) is 0 Å². The summed E-state index contributed by atoms with van der Waals surface area (Å²) >= 11 is 0. The summed E-state index contributed by atoms with van der Waals surface area (Å²) in [5, 5.41) is 8.26. The first-order chi connectivity index (χ1) is 7.84. The maximum absolute atomic E-state index is 12.2. The van der Waals surface area contributed by atoms with Crippen molar-refractivity contribution in [1.82, 2.24) is 0 Å². The Morgan fingerprint density at radius 2 is 1.82 bits per heavy atom. The van der Waals surface area contributed by atoms with E-state index in [1.54, 1.807) is 19.9 Å². The van der Waals surface area contributed by atoms with E-state index in [1.807, 2.05) is 26.0 Å². The minimum atomic E-state index is -1.50. The van der Waals surface area contributed by atoms with E-state index in [-0.39, 0.29) is 5.92 Å². The van der Waals surface area contributed by atoms with Gasteiger partial charge >= 0.3 is 5.97 Å². The van der Waals surface area contributed by atoms with E-state index in [0.29, 0.717) is 4.90 Å². The molecule has 1 aromatic rings. The van der Waals surface area contributed by atoms with Crippen molar-refractivity contribution in [1.29, 1.82) is 0 Å². The van der Waals surface area contributed by atoms with E-state index < -0.39 is 22.0 Å². The molecule has 0 fully saturated rings. The summed E-state index contributed by atoms with van der Waals surface area (Å²) in [5.41, 5.74) is 2.14. The van der Waals surface area contributed by atoms with Crippen LogP contribution in [0.1, 0.15) is 25.0 Å². The lowest BCUT2D eigenvalue weighted by Crippen LogP contribution is -2.31. The summed E-state index contributed by atoms with van der Waals surface area (Å²) in [6.07, 6.45) is 0. The standard InChI is InChI=1S/C13H18O3S/c1-8(2)12(13(14)15)17(16)11-6-5-9(3)10(4)7-11/h5-8,12H,1-4H3,(H,14,15). The van der Waals surface area contributed by atoms with Crippen molar-refractivity contribution in [2.24, 2.45) is 5.92 Å². The van der Waals surface area contributed by atoms with Gasteiger partial charge in [0, 0.05) is 4.90 Å². The van der Waals surface area contributed by atoms with Crippen LogP contribution in [0, 0.1) is 19.8 Å². The molecule has 0 aliphatic heterocycles. The second-order valence-corrected chi connectivity index (χ2v) is 6.12. The Hall–Kier alpha value is -1.16. The van der Waals surface area contributed by atoms with Crippen molar-refractivity contribution in [2.75, 3.05) is 0 Å². The largest absolute Gasteiger partial charge is 0.480 e. The number of hydrogen-bond acceptors (Lipinski definition) is 2. The second-order valence-electron chi connectivity index (χ2n) is 4.55. The van der Waals surface area contributed by atoms with Crippen molar-refractivity contribution in [3.05, 3.63) is 29.3 Å². The van der Waals surface area contributed by atoms with Crippen molar-refractivity contribution in [3.8, 4) is 0 Å². The van der Waals surface area contributed by atoms with Crippen LogP contribution >= 0.6 is 0 Å². The molecule has 0 spiro atoms. The number of hydrogen-bond donors (Lipinski definition) is 1. The monoisotopic (exact) mass is 254 g/mol. The molecule has 0 saturated heterocycles. The minimum Gasteiger partial charge on any atom is -0.480 e. The Morgan fingerprint density at radius 1 is 1.24 bits per heavy atom. The lowest BCUT2D eigenvalue weighted by molar-refractivity contribution is -0.137. The van der Waals surface area contributed by atoms with Gasteiger partial charge in [-0.2, -0.15) is 0 Å². The van der Waals surface area contributed by atoms with Crippen LogP contribution in [-0.4, -0.2) is 20.5 Å². The van der Waals surface area contributed by atoms with Crippen LogP contribution in [0.15, 0.2) is 23.1 Å². The molecule has 0 saturated carbocycles. The fourth-order valence-electron chi connectivity index (χ4n) is 1.61. The molecule has 4 heteroatoms. The van der Waals surface area contributed by atoms with Crippen LogP contribution in [0.5, 0.6) is 0 Å². The van der Waals surface area contributed by atoms with E-state index in [2.05, 4.69) is 0 Å². The van der Waals surface area contributed by atoms with Gasteiger partial charge in [-0.1, -0.05) is 19.9 Å². The lowest BCUT2D eigenvalue weighted by atomic mass is 10.1. The SMILES string of the molecule is Cc1ccc(S(=O)C(C(=O)O)C(C)C)cc1C. The minimum absolute atomic E-state index is 0.157. The summed E-state index contributed by atoms with van der Waals surface area (Å²) in [4.78, 5) is 11.7. The zero-order valence-corrected chi connectivity index (χ0v) is 11.4.